The Labute approximate surface area is 113 Å². The summed E-state index contributed by atoms with van der Waals surface area (Å²) in [4.78, 5) is 0. The number of aryl methyl sites for hydroxylation is 1. The lowest BCUT2D eigenvalue weighted by molar-refractivity contribution is 0.638. The van der Waals surface area contributed by atoms with Crippen molar-refractivity contribution in [3.63, 3.8) is 0 Å². The van der Waals surface area contributed by atoms with Crippen LogP contribution in [0.1, 0.15) is 17.2 Å². The van der Waals surface area contributed by atoms with Crippen LogP contribution in [0.5, 0.6) is 0 Å². The number of rotatable bonds is 6. The van der Waals surface area contributed by atoms with Gasteiger partial charge in [0.15, 0.2) is 0 Å². The molecule has 2 aromatic rings. The van der Waals surface area contributed by atoms with Crippen molar-refractivity contribution in [3.8, 4) is 6.07 Å². The van der Waals surface area contributed by atoms with Crippen molar-refractivity contribution in [1.29, 1.82) is 5.26 Å². The average molecular weight is 254 g/mol. The lowest BCUT2D eigenvalue weighted by Gasteiger charge is -2.10. The Morgan fingerprint density at radius 3 is 2.74 bits per heavy atom. The van der Waals surface area contributed by atoms with Crippen molar-refractivity contribution < 1.29 is 0 Å². The molecule has 1 aromatic heterocycles. The van der Waals surface area contributed by atoms with E-state index in [2.05, 4.69) is 16.5 Å². The number of nitriles is 1. The maximum absolute atomic E-state index is 9.19. The molecule has 0 spiro atoms. The highest BCUT2D eigenvalue weighted by Gasteiger charge is 2.09. The second-order valence-corrected chi connectivity index (χ2v) is 4.53. The summed E-state index contributed by atoms with van der Waals surface area (Å²) < 4.78 is 1.80. The van der Waals surface area contributed by atoms with E-state index in [0.717, 1.165) is 24.2 Å². The molecule has 98 valence electrons. The lowest BCUT2D eigenvalue weighted by Crippen LogP contribution is -2.23. The van der Waals surface area contributed by atoms with Crippen molar-refractivity contribution in [2.75, 3.05) is 13.1 Å². The Morgan fingerprint density at radius 2 is 2.11 bits per heavy atom. The molecule has 1 heterocycles. The van der Waals surface area contributed by atoms with E-state index in [1.165, 1.54) is 0 Å². The summed E-state index contributed by atoms with van der Waals surface area (Å²) in [7, 11) is 1.91. The van der Waals surface area contributed by atoms with E-state index < -0.39 is 0 Å². The van der Waals surface area contributed by atoms with Gasteiger partial charge in [-0.15, -0.1) is 0 Å². The average Bonchev–Trinajstić information content (AvgIpc) is 2.86. The van der Waals surface area contributed by atoms with E-state index in [1.54, 1.807) is 4.68 Å². The van der Waals surface area contributed by atoms with Gasteiger partial charge in [-0.1, -0.05) is 30.3 Å². The van der Waals surface area contributed by atoms with Crippen LogP contribution in [0.2, 0.25) is 0 Å². The molecule has 4 nitrogen and oxygen atoms in total. The Bertz CT molecular complexity index is 539. The van der Waals surface area contributed by atoms with Crippen LogP contribution in [0.25, 0.3) is 0 Å². The fourth-order valence-corrected chi connectivity index (χ4v) is 1.98. The number of hydrogen-bond acceptors (Lipinski definition) is 3. The summed E-state index contributed by atoms with van der Waals surface area (Å²) in [6.07, 6.45) is 2.82. The fourth-order valence-electron chi connectivity index (χ4n) is 1.98. The molecule has 0 amide bonds. The van der Waals surface area contributed by atoms with Crippen LogP contribution in [0.15, 0.2) is 42.6 Å². The van der Waals surface area contributed by atoms with Crippen LogP contribution in [0, 0.1) is 11.3 Å². The molecular formula is C15H18N4. The topological polar surface area (TPSA) is 53.6 Å². The number of hydrogen-bond donors (Lipinski definition) is 1. The molecule has 0 aliphatic carbocycles. The number of aromatic nitrogens is 2. The summed E-state index contributed by atoms with van der Waals surface area (Å²) in [6.45, 7) is 1.51. The highest BCUT2D eigenvalue weighted by Crippen LogP contribution is 2.12. The molecule has 4 heteroatoms. The van der Waals surface area contributed by atoms with Crippen LogP contribution in [0.3, 0.4) is 0 Å². The Hall–Kier alpha value is -2.12. The highest BCUT2D eigenvalue weighted by molar-refractivity contribution is 5.25. The zero-order valence-corrected chi connectivity index (χ0v) is 11.1. The van der Waals surface area contributed by atoms with Gasteiger partial charge >= 0.3 is 0 Å². The first kappa shape index (κ1) is 13.3. The number of benzene rings is 1. The molecule has 0 radical (unpaired) electrons. The maximum Gasteiger partial charge on any atom is 0.0837 e. The van der Waals surface area contributed by atoms with Gasteiger partial charge in [0.2, 0.25) is 0 Å². The molecule has 0 saturated carbocycles. The largest absolute Gasteiger partial charge is 0.315 e. The highest BCUT2D eigenvalue weighted by atomic mass is 15.2. The predicted molar refractivity (Wildman–Crippen MR) is 74.6 cm³/mol. The standard InChI is InChI=1S/C15H18N4/c1-19-10-8-15(18-19)7-9-17-12-14(11-16)13-5-3-2-4-6-13/h2-6,8,10,14,17H,7,9,12H2,1H3. The molecule has 1 N–H and O–H groups in total. The molecule has 0 fully saturated rings. The first-order valence-electron chi connectivity index (χ1n) is 6.43. The molecule has 0 aliphatic rings. The minimum atomic E-state index is -0.0927. The van der Waals surface area contributed by atoms with E-state index in [1.807, 2.05) is 49.6 Å². The Balaban J connectivity index is 1.77. The third-order valence-corrected chi connectivity index (χ3v) is 3.03. The zero-order valence-electron chi connectivity index (χ0n) is 11.1. The summed E-state index contributed by atoms with van der Waals surface area (Å²) in [6, 6.07) is 14.2. The van der Waals surface area contributed by atoms with Gasteiger partial charge in [-0.25, -0.2) is 0 Å². The number of nitrogens with zero attached hydrogens (tertiary/aromatic N) is 3. The van der Waals surface area contributed by atoms with Crippen molar-refractivity contribution in [1.82, 2.24) is 15.1 Å². The summed E-state index contributed by atoms with van der Waals surface area (Å²) in [5.74, 6) is -0.0927. The zero-order chi connectivity index (χ0) is 13.5. The maximum atomic E-state index is 9.19. The van der Waals surface area contributed by atoms with Gasteiger partial charge in [0, 0.05) is 32.8 Å². The van der Waals surface area contributed by atoms with E-state index in [4.69, 9.17) is 0 Å². The second kappa shape index (κ2) is 6.72. The van der Waals surface area contributed by atoms with Gasteiger partial charge in [0.25, 0.3) is 0 Å². The monoisotopic (exact) mass is 254 g/mol. The second-order valence-electron chi connectivity index (χ2n) is 4.53. The number of nitrogens with one attached hydrogen (secondary N) is 1. The smallest absolute Gasteiger partial charge is 0.0837 e. The molecule has 1 unspecified atom stereocenters. The summed E-state index contributed by atoms with van der Waals surface area (Å²) in [5, 5.41) is 16.8. The summed E-state index contributed by atoms with van der Waals surface area (Å²) in [5.41, 5.74) is 2.14. The molecular weight excluding hydrogens is 236 g/mol. The quantitative estimate of drug-likeness (QED) is 0.801. The van der Waals surface area contributed by atoms with Crippen LogP contribution in [0.4, 0.5) is 0 Å². The minimum absolute atomic E-state index is 0.0927. The van der Waals surface area contributed by atoms with Gasteiger partial charge < -0.3 is 5.32 Å². The Morgan fingerprint density at radius 1 is 1.32 bits per heavy atom. The third kappa shape index (κ3) is 3.94. The first-order chi connectivity index (χ1) is 9.29. The minimum Gasteiger partial charge on any atom is -0.315 e. The van der Waals surface area contributed by atoms with E-state index >= 15 is 0 Å². The van der Waals surface area contributed by atoms with Gasteiger partial charge in [-0.05, 0) is 11.6 Å². The molecule has 0 aliphatic heterocycles. The van der Waals surface area contributed by atoms with Crippen molar-refractivity contribution in [2.45, 2.75) is 12.3 Å². The van der Waals surface area contributed by atoms with Gasteiger partial charge in [-0.2, -0.15) is 10.4 Å². The van der Waals surface area contributed by atoms with Gasteiger partial charge in [0.1, 0.15) is 0 Å². The van der Waals surface area contributed by atoms with Crippen molar-refractivity contribution in [3.05, 3.63) is 53.9 Å². The van der Waals surface area contributed by atoms with Crippen LogP contribution in [-0.4, -0.2) is 22.9 Å². The Kier molecular flexibility index (Phi) is 4.71. The van der Waals surface area contributed by atoms with Crippen molar-refractivity contribution in [2.24, 2.45) is 7.05 Å². The molecule has 0 saturated heterocycles. The van der Waals surface area contributed by atoms with Crippen LogP contribution < -0.4 is 5.32 Å². The molecule has 1 aromatic carbocycles. The van der Waals surface area contributed by atoms with Crippen LogP contribution >= 0.6 is 0 Å². The van der Waals surface area contributed by atoms with E-state index in [-0.39, 0.29) is 5.92 Å². The fraction of sp³-hybridized carbons (Fsp3) is 0.333. The summed E-state index contributed by atoms with van der Waals surface area (Å²) >= 11 is 0. The third-order valence-electron chi connectivity index (χ3n) is 3.03. The van der Waals surface area contributed by atoms with E-state index in [9.17, 15) is 5.26 Å². The molecule has 2 rings (SSSR count). The predicted octanol–water partition coefficient (Wildman–Crippen LogP) is 1.86. The first-order valence-corrected chi connectivity index (χ1v) is 6.43. The van der Waals surface area contributed by atoms with E-state index in [0.29, 0.717) is 6.54 Å². The normalized spacial score (nSPS) is 12.0. The lowest BCUT2D eigenvalue weighted by atomic mass is 10.0. The van der Waals surface area contributed by atoms with Crippen LogP contribution in [-0.2, 0) is 13.5 Å². The molecule has 19 heavy (non-hydrogen) atoms. The molecule has 0 bridgehead atoms. The molecule has 1 atom stereocenters. The SMILES string of the molecule is Cn1ccc(CCNCC(C#N)c2ccccc2)n1. The van der Waals surface area contributed by atoms with Gasteiger partial charge in [0.05, 0.1) is 17.7 Å². The van der Waals surface area contributed by atoms with Gasteiger partial charge in [-0.3, -0.25) is 4.68 Å². The van der Waals surface area contributed by atoms with Crippen molar-refractivity contribution >= 4 is 0 Å².